The number of anilines is 1. The first kappa shape index (κ1) is 17.8. The molecule has 0 aliphatic heterocycles. The zero-order chi connectivity index (χ0) is 17.0. The van der Waals surface area contributed by atoms with Crippen LogP contribution < -0.4 is 10.1 Å². The van der Waals surface area contributed by atoms with Gasteiger partial charge in [0.2, 0.25) is 5.91 Å². The van der Waals surface area contributed by atoms with Crippen molar-refractivity contribution >= 4 is 49.5 Å². The molecule has 0 heterocycles. The first-order valence-corrected chi connectivity index (χ1v) is 8.59. The lowest BCUT2D eigenvalue weighted by Gasteiger charge is -2.09. The minimum Gasteiger partial charge on any atom is -0.495 e. The molecule has 0 fully saturated rings. The topological polar surface area (TPSA) is 38.3 Å². The van der Waals surface area contributed by atoms with Crippen LogP contribution >= 0.6 is 31.9 Å². The number of ether oxygens (including phenoxy) is 1. The van der Waals surface area contributed by atoms with Crippen molar-refractivity contribution in [3.05, 3.63) is 62.0 Å². The van der Waals surface area contributed by atoms with Gasteiger partial charge in [0.15, 0.2) is 0 Å². The number of carbonyl (C=O) groups excluding carboxylic acids is 1. The number of methoxy groups -OCH3 is 1. The van der Waals surface area contributed by atoms with E-state index in [9.17, 15) is 4.79 Å². The molecule has 5 heteroatoms. The number of rotatable bonds is 4. The molecule has 0 atom stereocenters. The van der Waals surface area contributed by atoms with Crippen LogP contribution in [0.2, 0.25) is 0 Å². The molecule has 0 aromatic heterocycles. The zero-order valence-electron chi connectivity index (χ0n) is 13.1. The van der Waals surface area contributed by atoms with Crippen LogP contribution in [0.3, 0.4) is 0 Å². The van der Waals surface area contributed by atoms with E-state index in [4.69, 9.17) is 4.74 Å². The Hall–Kier alpha value is -1.59. The molecular weight excluding hydrogens is 422 g/mol. The molecule has 0 radical (unpaired) electrons. The Balaban J connectivity index is 2.20. The molecule has 0 aliphatic carbocycles. The number of halogens is 2. The molecule has 0 unspecified atom stereocenters. The SMILES string of the molecule is COc1c(Br)cc(Br)cc1/C=C/C(=O)Nc1cccc(C)c1C. The van der Waals surface area contributed by atoms with Crippen LogP contribution in [0.4, 0.5) is 5.69 Å². The molecule has 2 aromatic carbocycles. The van der Waals surface area contributed by atoms with Gasteiger partial charge < -0.3 is 10.1 Å². The van der Waals surface area contributed by atoms with E-state index in [2.05, 4.69) is 37.2 Å². The van der Waals surface area contributed by atoms with Gasteiger partial charge >= 0.3 is 0 Å². The molecule has 3 nitrogen and oxygen atoms in total. The third-order valence-corrected chi connectivity index (χ3v) is 4.56. The summed E-state index contributed by atoms with van der Waals surface area (Å²) in [6.45, 7) is 4.01. The Morgan fingerprint density at radius 3 is 2.65 bits per heavy atom. The Morgan fingerprint density at radius 1 is 1.22 bits per heavy atom. The monoisotopic (exact) mass is 437 g/mol. The molecule has 0 bridgehead atoms. The minimum absolute atomic E-state index is 0.183. The number of benzene rings is 2. The third kappa shape index (κ3) is 4.45. The van der Waals surface area contributed by atoms with Crippen molar-refractivity contribution in [2.24, 2.45) is 0 Å². The summed E-state index contributed by atoms with van der Waals surface area (Å²) in [5.41, 5.74) is 3.84. The summed E-state index contributed by atoms with van der Waals surface area (Å²) in [6.07, 6.45) is 3.23. The van der Waals surface area contributed by atoms with Crippen molar-refractivity contribution in [1.29, 1.82) is 0 Å². The first-order chi connectivity index (χ1) is 10.9. The van der Waals surface area contributed by atoms with Gasteiger partial charge in [-0.2, -0.15) is 0 Å². The predicted molar refractivity (Wildman–Crippen MR) is 102 cm³/mol. The van der Waals surface area contributed by atoms with E-state index >= 15 is 0 Å². The Kier molecular flexibility index (Phi) is 6.02. The number of carbonyl (C=O) groups is 1. The van der Waals surface area contributed by atoms with Crippen molar-refractivity contribution in [2.75, 3.05) is 12.4 Å². The van der Waals surface area contributed by atoms with E-state index in [0.717, 1.165) is 31.3 Å². The smallest absolute Gasteiger partial charge is 0.248 e. The molecule has 0 saturated carbocycles. The molecule has 0 saturated heterocycles. The molecule has 23 heavy (non-hydrogen) atoms. The molecule has 2 rings (SSSR count). The van der Waals surface area contributed by atoms with E-state index < -0.39 is 0 Å². The number of hydrogen-bond donors (Lipinski definition) is 1. The summed E-state index contributed by atoms with van der Waals surface area (Å²) in [6, 6.07) is 9.63. The Labute approximate surface area is 153 Å². The van der Waals surface area contributed by atoms with Crippen LogP contribution in [0.1, 0.15) is 16.7 Å². The van der Waals surface area contributed by atoms with Crippen molar-refractivity contribution in [1.82, 2.24) is 0 Å². The van der Waals surface area contributed by atoms with Crippen molar-refractivity contribution < 1.29 is 9.53 Å². The molecule has 0 spiro atoms. The fourth-order valence-corrected chi connectivity index (χ4v) is 3.57. The lowest BCUT2D eigenvalue weighted by Crippen LogP contribution is -2.09. The highest BCUT2D eigenvalue weighted by molar-refractivity contribution is 9.11. The highest BCUT2D eigenvalue weighted by Crippen LogP contribution is 2.33. The van der Waals surface area contributed by atoms with Crippen molar-refractivity contribution in [3.63, 3.8) is 0 Å². The lowest BCUT2D eigenvalue weighted by molar-refractivity contribution is -0.111. The minimum atomic E-state index is -0.183. The fourth-order valence-electron chi connectivity index (χ4n) is 2.15. The second-order valence-electron chi connectivity index (χ2n) is 5.08. The largest absolute Gasteiger partial charge is 0.495 e. The van der Waals surface area contributed by atoms with E-state index in [1.54, 1.807) is 13.2 Å². The van der Waals surface area contributed by atoms with Gasteiger partial charge in [0.05, 0.1) is 11.6 Å². The van der Waals surface area contributed by atoms with Crippen molar-refractivity contribution in [3.8, 4) is 5.75 Å². The van der Waals surface area contributed by atoms with Crippen LogP contribution in [-0.4, -0.2) is 13.0 Å². The van der Waals surface area contributed by atoms with Crippen LogP contribution in [-0.2, 0) is 4.79 Å². The van der Waals surface area contributed by atoms with E-state index in [1.807, 2.05) is 44.2 Å². The number of hydrogen-bond acceptors (Lipinski definition) is 2. The molecule has 2 aromatic rings. The lowest BCUT2D eigenvalue weighted by atomic mass is 10.1. The fraction of sp³-hybridized carbons (Fsp3) is 0.167. The molecule has 1 N–H and O–H groups in total. The third-order valence-electron chi connectivity index (χ3n) is 3.52. The van der Waals surface area contributed by atoms with Crippen LogP contribution in [0.5, 0.6) is 5.75 Å². The maximum Gasteiger partial charge on any atom is 0.248 e. The summed E-state index contributed by atoms with van der Waals surface area (Å²) in [5.74, 6) is 0.501. The maximum absolute atomic E-state index is 12.2. The van der Waals surface area contributed by atoms with Crippen LogP contribution in [0.15, 0.2) is 45.4 Å². The van der Waals surface area contributed by atoms with Crippen LogP contribution in [0, 0.1) is 13.8 Å². The summed E-state index contributed by atoms with van der Waals surface area (Å²) < 4.78 is 7.09. The van der Waals surface area contributed by atoms with Gasteiger partial charge in [-0.05, 0) is 65.2 Å². The normalized spacial score (nSPS) is 10.8. The average Bonchev–Trinajstić information content (AvgIpc) is 2.49. The van der Waals surface area contributed by atoms with Gasteiger partial charge in [0.25, 0.3) is 0 Å². The van der Waals surface area contributed by atoms with E-state index in [1.165, 1.54) is 6.08 Å². The van der Waals surface area contributed by atoms with Crippen LogP contribution in [0.25, 0.3) is 6.08 Å². The second kappa shape index (κ2) is 7.79. The highest BCUT2D eigenvalue weighted by atomic mass is 79.9. The number of amides is 1. The molecular formula is C18H17Br2NO2. The predicted octanol–water partition coefficient (Wildman–Crippen LogP) is 5.49. The molecule has 0 aliphatic rings. The van der Waals surface area contributed by atoms with Gasteiger partial charge in [-0.3, -0.25) is 4.79 Å². The van der Waals surface area contributed by atoms with Gasteiger partial charge in [-0.1, -0.05) is 28.1 Å². The van der Waals surface area contributed by atoms with Gasteiger partial charge in [0.1, 0.15) is 5.75 Å². The maximum atomic E-state index is 12.2. The summed E-state index contributed by atoms with van der Waals surface area (Å²) in [5, 5.41) is 2.90. The first-order valence-electron chi connectivity index (χ1n) is 7.00. The second-order valence-corrected chi connectivity index (χ2v) is 6.85. The van der Waals surface area contributed by atoms with Gasteiger partial charge in [-0.15, -0.1) is 0 Å². The summed E-state index contributed by atoms with van der Waals surface area (Å²) in [7, 11) is 1.60. The summed E-state index contributed by atoms with van der Waals surface area (Å²) in [4.78, 5) is 12.2. The van der Waals surface area contributed by atoms with E-state index in [-0.39, 0.29) is 5.91 Å². The summed E-state index contributed by atoms with van der Waals surface area (Å²) >= 11 is 6.88. The van der Waals surface area contributed by atoms with E-state index in [0.29, 0.717) is 5.75 Å². The zero-order valence-corrected chi connectivity index (χ0v) is 16.3. The van der Waals surface area contributed by atoms with Gasteiger partial charge in [-0.25, -0.2) is 0 Å². The molecule has 1 amide bonds. The average molecular weight is 439 g/mol. The Morgan fingerprint density at radius 2 is 1.96 bits per heavy atom. The Bertz CT molecular complexity index is 770. The number of aryl methyl sites for hydroxylation is 1. The van der Waals surface area contributed by atoms with Gasteiger partial charge in [0, 0.05) is 21.8 Å². The number of nitrogens with one attached hydrogen (secondary N) is 1. The van der Waals surface area contributed by atoms with Crippen molar-refractivity contribution in [2.45, 2.75) is 13.8 Å². The standard InChI is InChI=1S/C18H17Br2NO2/c1-11-5-4-6-16(12(11)2)21-17(22)8-7-13-9-14(19)10-15(20)18(13)23-3/h4-10H,1-3H3,(H,21,22)/b8-7+. The highest BCUT2D eigenvalue weighted by Gasteiger charge is 2.08. The molecule has 120 valence electrons. The quantitative estimate of drug-likeness (QED) is 0.641.